The normalized spacial score (nSPS) is 15.5. The van der Waals surface area contributed by atoms with E-state index in [0.29, 0.717) is 5.69 Å². The van der Waals surface area contributed by atoms with E-state index >= 15 is 0 Å². The van der Waals surface area contributed by atoms with Crippen LogP contribution in [0.4, 0.5) is 4.39 Å². The zero-order valence-corrected chi connectivity index (χ0v) is 7.34. The van der Waals surface area contributed by atoms with Gasteiger partial charge < -0.3 is 0 Å². The summed E-state index contributed by atoms with van der Waals surface area (Å²) in [7, 11) is 0. The first kappa shape index (κ1) is 8.18. The average Bonchev–Trinajstić information content (AvgIpc) is 2.91. The summed E-state index contributed by atoms with van der Waals surface area (Å²) in [6, 6.07) is 3.33. The van der Waals surface area contributed by atoms with E-state index in [9.17, 15) is 4.39 Å². The third-order valence-corrected chi connectivity index (χ3v) is 2.20. The summed E-state index contributed by atoms with van der Waals surface area (Å²) in [5, 5.41) is 8.65. The maximum atomic E-state index is 13.5. The Labute approximate surface area is 76.0 Å². The van der Waals surface area contributed by atoms with Crippen molar-refractivity contribution in [3.63, 3.8) is 0 Å². The molecule has 0 N–H and O–H groups in total. The molecular weight excluding hydrogens is 167 g/mol. The van der Waals surface area contributed by atoms with Crippen molar-refractivity contribution in [2.75, 3.05) is 0 Å². The third-order valence-electron chi connectivity index (χ3n) is 2.20. The van der Waals surface area contributed by atoms with E-state index in [2.05, 4.69) is 4.98 Å². The molecule has 1 fully saturated rings. The Morgan fingerprint density at radius 2 is 2.31 bits per heavy atom. The summed E-state index contributed by atoms with van der Waals surface area (Å²) in [6.07, 6.45) is 2.00. The van der Waals surface area contributed by atoms with Crippen molar-refractivity contribution >= 4 is 0 Å². The molecule has 1 aromatic rings. The van der Waals surface area contributed by atoms with Crippen molar-refractivity contribution in [1.29, 1.82) is 5.26 Å². The monoisotopic (exact) mass is 176 g/mol. The van der Waals surface area contributed by atoms with Gasteiger partial charge in [0.2, 0.25) is 0 Å². The summed E-state index contributed by atoms with van der Waals surface area (Å²) in [4.78, 5) is 4.12. The zero-order chi connectivity index (χ0) is 9.42. The number of aryl methyl sites for hydroxylation is 1. The minimum atomic E-state index is -0.421. The number of halogens is 1. The molecule has 0 bridgehead atoms. The summed E-state index contributed by atoms with van der Waals surface area (Å²) < 4.78 is 13.5. The smallest absolute Gasteiger partial charge is 0.162 e. The number of hydrogen-bond acceptors (Lipinski definition) is 2. The SMILES string of the molecule is Cc1cc(C#N)c(F)c(C2CC2)n1. The molecule has 0 radical (unpaired) electrons. The Balaban J connectivity index is 2.55. The molecule has 0 aromatic carbocycles. The molecule has 2 nitrogen and oxygen atoms in total. The minimum absolute atomic E-state index is 0.120. The van der Waals surface area contributed by atoms with Gasteiger partial charge in [-0.15, -0.1) is 0 Å². The predicted octanol–water partition coefficient (Wildman–Crippen LogP) is 2.28. The first-order valence-corrected chi connectivity index (χ1v) is 4.29. The van der Waals surface area contributed by atoms with Gasteiger partial charge in [0.25, 0.3) is 0 Å². The quantitative estimate of drug-likeness (QED) is 0.658. The van der Waals surface area contributed by atoms with Gasteiger partial charge in [-0.1, -0.05) is 0 Å². The molecule has 0 aliphatic heterocycles. The highest BCUT2D eigenvalue weighted by Gasteiger charge is 2.29. The van der Waals surface area contributed by atoms with Crippen molar-refractivity contribution < 1.29 is 4.39 Å². The average molecular weight is 176 g/mol. The Bertz CT molecular complexity index is 389. The lowest BCUT2D eigenvalue weighted by Crippen LogP contribution is -1.98. The van der Waals surface area contributed by atoms with Crippen molar-refractivity contribution in [3.8, 4) is 6.07 Å². The molecule has 1 aromatic heterocycles. The number of nitriles is 1. The van der Waals surface area contributed by atoms with Crippen LogP contribution in [0.5, 0.6) is 0 Å². The van der Waals surface area contributed by atoms with E-state index in [0.717, 1.165) is 18.5 Å². The molecular formula is C10H9FN2. The second-order valence-corrected chi connectivity index (χ2v) is 3.40. The van der Waals surface area contributed by atoms with Crippen LogP contribution in [-0.4, -0.2) is 4.98 Å². The van der Waals surface area contributed by atoms with E-state index in [1.807, 2.05) is 6.07 Å². The van der Waals surface area contributed by atoms with Crippen LogP contribution in [0.3, 0.4) is 0 Å². The Morgan fingerprint density at radius 3 is 2.85 bits per heavy atom. The van der Waals surface area contributed by atoms with Crippen molar-refractivity contribution in [2.45, 2.75) is 25.7 Å². The lowest BCUT2D eigenvalue weighted by Gasteiger charge is -2.02. The molecule has 0 unspecified atom stereocenters. The Morgan fingerprint density at radius 1 is 1.62 bits per heavy atom. The maximum absolute atomic E-state index is 13.5. The van der Waals surface area contributed by atoms with Gasteiger partial charge in [-0.2, -0.15) is 5.26 Å². The van der Waals surface area contributed by atoms with Crippen LogP contribution in [0.1, 0.15) is 35.7 Å². The molecule has 0 saturated heterocycles. The summed E-state index contributed by atoms with van der Waals surface area (Å²) >= 11 is 0. The second kappa shape index (κ2) is 2.81. The van der Waals surface area contributed by atoms with E-state index in [1.165, 1.54) is 6.07 Å². The molecule has 1 heterocycles. The molecule has 1 saturated carbocycles. The van der Waals surface area contributed by atoms with Crippen molar-refractivity contribution in [3.05, 3.63) is 28.8 Å². The molecule has 66 valence electrons. The van der Waals surface area contributed by atoms with E-state index in [-0.39, 0.29) is 11.5 Å². The Kier molecular flexibility index (Phi) is 1.77. The van der Waals surface area contributed by atoms with Gasteiger partial charge in [-0.25, -0.2) is 4.39 Å². The van der Waals surface area contributed by atoms with E-state index in [1.54, 1.807) is 6.92 Å². The van der Waals surface area contributed by atoms with Gasteiger partial charge >= 0.3 is 0 Å². The van der Waals surface area contributed by atoms with Gasteiger partial charge in [0, 0.05) is 11.6 Å². The van der Waals surface area contributed by atoms with Crippen LogP contribution >= 0.6 is 0 Å². The molecule has 0 spiro atoms. The van der Waals surface area contributed by atoms with E-state index < -0.39 is 5.82 Å². The highest BCUT2D eigenvalue weighted by Crippen LogP contribution is 2.40. The van der Waals surface area contributed by atoms with E-state index in [4.69, 9.17) is 5.26 Å². The number of aromatic nitrogens is 1. The predicted molar refractivity (Wildman–Crippen MR) is 45.6 cm³/mol. The topological polar surface area (TPSA) is 36.7 Å². The summed E-state index contributed by atoms with van der Waals surface area (Å²) in [5.74, 6) is -0.164. The summed E-state index contributed by atoms with van der Waals surface area (Å²) in [5.41, 5.74) is 1.32. The third kappa shape index (κ3) is 1.40. The van der Waals surface area contributed by atoms with Gasteiger partial charge in [0.1, 0.15) is 6.07 Å². The molecule has 0 atom stereocenters. The fourth-order valence-corrected chi connectivity index (χ4v) is 1.39. The van der Waals surface area contributed by atoms with Gasteiger partial charge in [-0.05, 0) is 25.8 Å². The molecule has 3 heteroatoms. The van der Waals surface area contributed by atoms with Gasteiger partial charge in [0.15, 0.2) is 5.82 Å². The van der Waals surface area contributed by atoms with Crippen LogP contribution in [0.2, 0.25) is 0 Å². The van der Waals surface area contributed by atoms with Crippen LogP contribution < -0.4 is 0 Å². The van der Waals surface area contributed by atoms with Crippen LogP contribution in [0, 0.1) is 24.1 Å². The first-order chi connectivity index (χ1) is 6.22. The number of nitrogens with zero attached hydrogens (tertiary/aromatic N) is 2. The molecule has 1 aliphatic rings. The number of pyridine rings is 1. The fraction of sp³-hybridized carbons (Fsp3) is 0.400. The van der Waals surface area contributed by atoms with Crippen LogP contribution in [-0.2, 0) is 0 Å². The second-order valence-electron chi connectivity index (χ2n) is 3.40. The fourth-order valence-electron chi connectivity index (χ4n) is 1.39. The lowest BCUT2D eigenvalue weighted by molar-refractivity contribution is 0.594. The highest BCUT2D eigenvalue weighted by molar-refractivity contribution is 5.36. The zero-order valence-electron chi connectivity index (χ0n) is 7.34. The first-order valence-electron chi connectivity index (χ1n) is 4.29. The van der Waals surface area contributed by atoms with Crippen molar-refractivity contribution in [1.82, 2.24) is 4.98 Å². The van der Waals surface area contributed by atoms with Crippen molar-refractivity contribution in [2.24, 2.45) is 0 Å². The van der Waals surface area contributed by atoms with Crippen LogP contribution in [0.15, 0.2) is 6.07 Å². The molecule has 1 aliphatic carbocycles. The molecule has 2 rings (SSSR count). The Hall–Kier alpha value is -1.43. The standard InChI is InChI=1S/C10H9FN2/c1-6-4-8(5-12)9(11)10(13-6)7-2-3-7/h4,7H,2-3H2,1H3. The number of hydrogen-bond donors (Lipinski definition) is 0. The molecule has 13 heavy (non-hydrogen) atoms. The summed E-state index contributed by atoms with van der Waals surface area (Å²) in [6.45, 7) is 1.78. The minimum Gasteiger partial charge on any atom is -0.255 e. The van der Waals surface area contributed by atoms with Gasteiger partial charge in [-0.3, -0.25) is 4.98 Å². The van der Waals surface area contributed by atoms with Gasteiger partial charge in [0.05, 0.1) is 11.3 Å². The molecule has 0 amide bonds. The number of rotatable bonds is 1. The largest absolute Gasteiger partial charge is 0.255 e. The lowest BCUT2D eigenvalue weighted by atomic mass is 10.1. The van der Waals surface area contributed by atoms with Crippen LogP contribution in [0.25, 0.3) is 0 Å². The maximum Gasteiger partial charge on any atom is 0.162 e. The highest BCUT2D eigenvalue weighted by atomic mass is 19.1.